The van der Waals surface area contributed by atoms with Gasteiger partial charge in [0.25, 0.3) is 5.91 Å². The molecule has 3 aromatic rings. The first-order chi connectivity index (χ1) is 17.7. The van der Waals surface area contributed by atoms with Gasteiger partial charge in [-0.1, -0.05) is 48.0 Å². The van der Waals surface area contributed by atoms with Gasteiger partial charge >= 0.3 is 0 Å². The van der Waals surface area contributed by atoms with E-state index in [4.69, 9.17) is 0 Å². The van der Waals surface area contributed by atoms with Crippen LogP contribution >= 0.6 is 0 Å². The Bertz CT molecular complexity index is 1290. The molecule has 0 bridgehead atoms. The van der Waals surface area contributed by atoms with Gasteiger partial charge in [0.1, 0.15) is 5.54 Å². The van der Waals surface area contributed by atoms with Crippen LogP contribution in [0.25, 0.3) is 0 Å². The fraction of sp³-hybridized carbons (Fsp3) is 0.276. The summed E-state index contributed by atoms with van der Waals surface area (Å²) >= 11 is 0. The van der Waals surface area contributed by atoms with E-state index in [1.807, 2.05) is 37.3 Å². The zero-order valence-electron chi connectivity index (χ0n) is 20.8. The van der Waals surface area contributed by atoms with Crippen LogP contribution in [0.5, 0.6) is 0 Å². The molecule has 4 rings (SSSR count). The second-order valence-electron chi connectivity index (χ2n) is 9.31. The van der Waals surface area contributed by atoms with Crippen LogP contribution in [-0.4, -0.2) is 41.2 Å². The van der Waals surface area contributed by atoms with Gasteiger partial charge in [-0.3, -0.25) is 19.3 Å². The van der Waals surface area contributed by atoms with Gasteiger partial charge in [-0.05, 0) is 49.6 Å². The van der Waals surface area contributed by atoms with E-state index in [9.17, 15) is 23.2 Å². The van der Waals surface area contributed by atoms with E-state index >= 15 is 0 Å². The van der Waals surface area contributed by atoms with Crippen LogP contribution in [-0.2, 0) is 16.1 Å². The summed E-state index contributed by atoms with van der Waals surface area (Å²) in [6.45, 7) is 4.03. The van der Waals surface area contributed by atoms with Crippen LogP contribution in [0.1, 0.15) is 41.3 Å². The van der Waals surface area contributed by atoms with E-state index in [1.165, 1.54) is 17.9 Å². The van der Waals surface area contributed by atoms with Crippen molar-refractivity contribution < 1.29 is 23.2 Å². The third kappa shape index (κ3) is 5.53. The molecule has 0 unspecified atom stereocenters. The molecular formula is C29H29F2N3O3. The molecule has 1 saturated heterocycles. The summed E-state index contributed by atoms with van der Waals surface area (Å²) in [6.07, 6.45) is 0.258. The van der Waals surface area contributed by atoms with Crippen molar-refractivity contribution in [2.24, 2.45) is 0 Å². The number of piperidine rings is 1. The number of hydrogen-bond donors (Lipinski definition) is 1. The summed E-state index contributed by atoms with van der Waals surface area (Å²) in [5.74, 6) is -3.26. The first-order valence-electron chi connectivity index (χ1n) is 12.2. The first kappa shape index (κ1) is 26.0. The maximum Gasteiger partial charge on any atom is 0.259 e. The molecule has 0 saturated carbocycles. The summed E-state index contributed by atoms with van der Waals surface area (Å²) in [7, 11) is 0. The van der Waals surface area contributed by atoms with E-state index in [2.05, 4.69) is 5.32 Å². The minimum Gasteiger partial charge on any atom is -0.350 e. The van der Waals surface area contributed by atoms with Crippen LogP contribution in [0.3, 0.4) is 0 Å². The van der Waals surface area contributed by atoms with Crippen LogP contribution in [0.2, 0.25) is 0 Å². The van der Waals surface area contributed by atoms with Crippen LogP contribution in [0, 0.1) is 18.6 Å². The van der Waals surface area contributed by atoms with Crippen LogP contribution in [0.4, 0.5) is 14.5 Å². The SMILES string of the molecule is CC(=O)N1CCC(C(=O)NCc2ccccc2)(N(C(=O)c2ccc(C)cc2)c2ccc(F)c(F)c2)CC1. The summed E-state index contributed by atoms with van der Waals surface area (Å²) < 4.78 is 28.3. The first-order valence-corrected chi connectivity index (χ1v) is 12.2. The van der Waals surface area contributed by atoms with Crippen molar-refractivity contribution in [1.82, 2.24) is 10.2 Å². The van der Waals surface area contributed by atoms with Gasteiger partial charge in [0, 0.05) is 43.9 Å². The minimum atomic E-state index is -1.44. The summed E-state index contributed by atoms with van der Waals surface area (Å²) in [6, 6.07) is 19.3. The lowest BCUT2D eigenvalue weighted by molar-refractivity contribution is -0.135. The normalized spacial score (nSPS) is 14.6. The molecule has 1 heterocycles. The molecule has 3 aromatic carbocycles. The molecule has 0 atom stereocenters. The van der Waals surface area contributed by atoms with E-state index in [0.29, 0.717) is 5.56 Å². The maximum absolute atomic E-state index is 14.4. The Morgan fingerprint density at radius 1 is 0.919 bits per heavy atom. The average Bonchev–Trinajstić information content (AvgIpc) is 2.90. The number of anilines is 1. The van der Waals surface area contributed by atoms with Crippen LogP contribution in [0.15, 0.2) is 72.8 Å². The Kier molecular flexibility index (Phi) is 7.66. The standard InChI is InChI=1S/C29H29F2N3O3/c1-20-8-10-23(11-9-20)27(36)34(24-12-13-25(30)26(31)18-24)29(14-16-33(17-15-29)21(2)35)28(37)32-19-22-6-4-3-5-7-22/h3-13,18H,14-17,19H2,1-2H3,(H,32,37). The number of rotatable bonds is 6. The Balaban J connectivity index is 1.80. The summed E-state index contributed by atoms with van der Waals surface area (Å²) in [4.78, 5) is 42.9. The highest BCUT2D eigenvalue weighted by atomic mass is 19.2. The fourth-order valence-electron chi connectivity index (χ4n) is 4.69. The van der Waals surface area contributed by atoms with E-state index in [-0.39, 0.29) is 44.1 Å². The Labute approximate surface area is 214 Å². The predicted molar refractivity (Wildman–Crippen MR) is 137 cm³/mol. The predicted octanol–water partition coefficient (Wildman–Crippen LogP) is 4.62. The number of carbonyl (C=O) groups is 3. The molecule has 0 spiro atoms. The van der Waals surface area contributed by atoms with Crippen molar-refractivity contribution in [2.45, 2.75) is 38.8 Å². The highest BCUT2D eigenvalue weighted by Crippen LogP contribution is 2.36. The molecular weight excluding hydrogens is 476 g/mol. The Morgan fingerprint density at radius 3 is 2.16 bits per heavy atom. The molecule has 192 valence electrons. The monoisotopic (exact) mass is 505 g/mol. The van der Waals surface area contributed by atoms with Gasteiger partial charge in [-0.15, -0.1) is 0 Å². The maximum atomic E-state index is 14.4. The molecule has 1 aliphatic heterocycles. The average molecular weight is 506 g/mol. The molecule has 37 heavy (non-hydrogen) atoms. The van der Waals surface area contributed by atoms with Gasteiger partial charge in [0.2, 0.25) is 11.8 Å². The van der Waals surface area contributed by atoms with Crippen molar-refractivity contribution in [2.75, 3.05) is 18.0 Å². The zero-order chi connectivity index (χ0) is 26.6. The Morgan fingerprint density at radius 2 is 1.57 bits per heavy atom. The quantitative estimate of drug-likeness (QED) is 0.532. The summed E-state index contributed by atoms with van der Waals surface area (Å²) in [5.41, 5.74) is 0.750. The largest absolute Gasteiger partial charge is 0.350 e. The lowest BCUT2D eigenvalue weighted by Crippen LogP contribution is -2.65. The topological polar surface area (TPSA) is 69.7 Å². The van der Waals surface area contributed by atoms with Crippen molar-refractivity contribution in [3.05, 3.63) is 101 Å². The highest BCUT2D eigenvalue weighted by Gasteiger charge is 2.49. The number of halogens is 2. The van der Waals surface area contributed by atoms with Gasteiger partial charge in [0.05, 0.1) is 0 Å². The summed E-state index contributed by atoms with van der Waals surface area (Å²) in [5, 5.41) is 2.94. The van der Waals surface area contributed by atoms with Gasteiger partial charge < -0.3 is 10.2 Å². The molecule has 1 aliphatic rings. The molecule has 1 N–H and O–H groups in total. The smallest absolute Gasteiger partial charge is 0.259 e. The van der Waals surface area contributed by atoms with Crippen molar-refractivity contribution in [3.63, 3.8) is 0 Å². The highest BCUT2D eigenvalue weighted by molar-refractivity contribution is 6.11. The number of nitrogens with one attached hydrogen (secondary N) is 1. The van der Waals surface area contributed by atoms with Gasteiger partial charge in [-0.2, -0.15) is 0 Å². The second kappa shape index (κ2) is 10.9. The van der Waals surface area contributed by atoms with E-state index in [0.717, 1.165) is 23.3 Å². The van der Waals surface area contributed by atoms with Crippen LogP contribution < -0.4 is 10.2 Å². The third-order valence-corrected chi connectivity index (χ3v) is 6.85. The molecule has 0 aromatic heterocycles. The molecule has 3 amide bonds. The number of aryl methyl sites for hydroxylation is 1. The molecule has 0 radical (unpaired) electrons. The second-order valence-corrected chi connectivity index (χ2v) is 9.31. The third-order valence-electron chi connectivity index (χ3n) is 6.85. The van der Waals surface area contributed by atoms with E-state index < -0.39 is 29.0 Å². The Hall–Kier alpha value is -4.07. The number of amides is 3. The van der Waals surface area contributed by atoms with Gasteiger partial charge in [-0.25, -0.2) is 8.78 Å². The zero-order valence-corrected chi connectivity index (χ0v) is 20.8. The van der Waals surface area contributed by atoms with Gasteiger partial charge in [0.15, 0.2) is 11.6 Å². The van der Waals surface area contributed by atoms with Crippen molar-refractivity contribution in [1.29, 1.82) is 0 Å². The fourth-order valence-corrected chi connectivity index (χ4v) is 4.69. The number of carbonyl (C=O) groups excluding carboxylic acids is 3. The number of likely N-dealkylation sites (tertiary alicyclic amines) is 1. The number of hydrogen-bond acceptors (Lipinski definition) is 3. The lowest BCUT2D eigenvalue weighted by atomic mass is 9.83. The molecule has 0 aliphatic carbocycles. The molecule has 8 heteroatoms. The minimum absolute atomic E-state index is 0.0654. The van der Waals surface area contributed by atoms with Crippen molar-refractivity contribution in [3.8, 4) is 0 Å². The number of benzene rings is 3. The lowest BCUT2D eigenvalue weighted by Gasteiger charge is -2.47. The van der Waals surface area contributed by atoms with E-state index in [1.54, 1.807) is 29.2 Å². The van der Waals surface area contributed by atoms with Crippen molar-refractivity contribution >= 4 is 23.4 Å². The number of nitrogens with zero attached hydrogens (tertiary/aromatic N) is 2. The molecule has 1 fully saturated rings. The molecule has 6 nitrogen and oxygen atoms in total.